The summed E-state index contributed by atoms with van der Waals surface area (Å²) in [5.41, 5.74) is -1.42. The number of aromatic amines is 1. The van der Waals surface area contributed by atoms with Crippen LogP contribution in [0.2, 0.25) is 0 Å². The summed E-state index contributed by atoms with van der Waals surface area (Å²) in [4.78, 5) is 13.6. The number of benzene rings is 1. The van der Waals surface area contributed by atoms with Gasteiger partial charge in [-0.05, 0) is 28.7 Å². The van der Waals surface area contributed by atoms with Gasteiger partial charge in [-0.2, -0.15) is 13.2 Å². The van der Waals surface area contributed by atoms with Gasteiger partial charge in [0.2, 0.25) is 5.56 Å². The molecule has 0 bridgehead atoms. The molecule has 0 aliphatic carbocycles. The van der Waals surface area contributed by atoms with Gasteiger partial charge in [0.15, 0.2) is 0 Å². The van der Waals surface area contributed by atoms with E-state index in [1.165, 1.54) is 12.1 Å². The highest BCUT2D eigenvalue weighted by atomic mass is 127. The van der Waals surface area contributed by atoms with E-state index in [1.807, 2.05) is 22.6 Å². The minimum absolute atomic E-state index is 0.0130. The zero-order chi connectivity index (χ0) is 11.9. The maximum absolute atomic E-state index is 12.7. The van der Waals surface area contributed by atoms with Gasteiger partial charge in [-0.1, -0.05) is 12.1 Å². The Hall–Kier alpha value is -1.05. The predicted octanol–water partition coefficient (Wildman–Crippen LogP) is 3.15. The van der Waals surface area contributed by atoms with Crippen LogP contribution in [0.4, 0.5) is 13.2 Å². The topological polar surface area (TPSA) is 32.9 Å². The second-order valence-corrected chi connectivity index (χ2v) is 4.37. The second kappa shape index (κ2) is 3.76. The van der Waals surface area contributed by atoms with Crippen molar-refractivity contribution < 1.29 is 13.2 Å². The third kappa shape index (κ3) is 1.93. The van der Waals surface area contributed by atoms with Crippen molar-refractivity contribution in [2.45, 2.75) is 6.18 Å². The number of rotatable bonds is 0. The van der Waals surface area contributed by atoms with E-state index in [4.69, 9.17) is 0 Å². The maximum atomic E-state index is 12.7. The lowest BCUT2D eigenvalue weighted by atomic mass is 10.1. The fraction of sp³-hybridized carbons (Fsp3) is 0.100. The lowest BCUT2D eigenvalue weighted by molar-refractivity contribution is -0.136. The van der Waals surface area contributed by atoms with E-state index in [-0.39, 0.29) is 10.9 Å². The highest BCUT2D eigenvalue weighted by molar-refractivity contribution is 14.1. The zero-order valence-electron chi connectivity index (χ0n) is 7.73. The van der Waals surface area contributed by atoms with E-state index in [9.17, 15) is 18.0 Å². The summed E-state index contributed by atoms with van der Waals surface area (Å²) >= 11 is 1.88. The number of nitrogens with one attached hydrogen (secondary N) is 1. The number of H-pyrrole nitrogens is 1. The van der Waals surface area contributed by atoms with Gasteiger partial charge in [-0.3, -0.25) is 4.79 Å². The van der Waals surface area contributed by atoms with Gasteiger partial charge in [-0.25, -0.2) is 0 Å². The maximum Gasteiger partial charge on any atom is 0.417 e. The van der Waals surface area contributed by atoms with Gasteiger partial charge >= 0.3 is 6.18 Å². The molecule has 0 fully saturated rings. The molecule has 2 rings (SSSR count). The number of halogens is 4. The normalized spacial score (nSPS) is 12.0. The molecule has 0 aliphatic heterocycles. The van der Waals surface area contributed by atoms with Gasteiger partial charge in [0.1, 0.15) is 0 Å². The Morgan fingerprint density at radius 3 is 2.56 bits per heavy atom. The lowest BCUT2D eigenvalue weighted by Crippen LogP contribution is -2.14. The molecule has 0 radical (unpaired) electrons. The smallest absolute Gasteiger partial charge is 0.321 e. The SMILES string of the molecule is O=c1cc(C(F)(F)F)c2cccc(I)c2[nH]1. The standard InChI is InChI=1S/C10H5F3INO/c11-10(12,13)6-4-8(16)15-9-5(6)2-1-3-7(9)14/h1-4H,(H,15,16). The van der Waals surface area contributed by atoms with Gasteiger partial charge in [-0.15, -0.1) is 0 Å². The number of para-hydroxylation sites is 1. The van der Waals surface area contributed by atoms with Crippen LogP contribution in [0, 0.1) is 3.57 Å². The molecule has 84 valence electrons. The number of aromatic nitrogens is 1. The summed E-state index contributed by atoms with van der Waals surface area (Å²) in [6.07, 6.45) is -4.52. The molecular formula is C10H5F3INO. The largest absolute Gasteiger partial charge is 0.417 e. The highest BCUT2D eigenvalue weighted by Gasteiger charge is 2.33. The first kappa shape index (κ1) is 11.4. The monoisotopic (exact) mass is 339 g/mol. The third-order valence-corrected chi connectivity index (χ3v) is 3.03. The number of hydrogen-bond donors (Lipinski definition) is 1. The van der Waals surface area contributed by atoms with Crippen molar-refractivity contribution in [1.29, 1.82) is 0 Å². The Labute approximate surface area is 102 Å². The van der Waals surface area contributed by atoms with Crippen molar-refractivity contribution >= 4 is 33.5 Å². The number of alkyl halides is 3. The van der Waals surface area contributed by atoms with E-state index in [0.29, 0.717) is 9.64 Å². The molecule has 0 aliphatic rings. The van der Waals surface area contributed by atoms with Gasteiger partial charge in [0, 0.05) is 15.0 Å². The Morgan fingerprint density at radius 2 is 1.94 bits per heavy atom. The van der Waals surface area contributed by atoms with Crippen molar-refractivity contribution in [2.75, 3.05) is 0 Å². The van der Waals surface area contributed by atoms with E-state index >= 15 is 0 Å². The molecule has 1 aromatic heterocycles. The molecule has 1 heterocycles. The van der Waals surface area contributed by atoms with Crippen LogP contribution in [0.3, 0.4) is 0 Å². The van der Waals surface area contributed by atoms with E-state index in [0.717, 1.165) is 0 Å². The van der Waals surface area contributed by atoms with E-state index < -0.39 is 17.3 Å². The summed E-state index contributed by atoms with van der Waals surface area (Å²) in [5, 5.41) is 0.0130. The molecule has 0 amide bonds. The Morgan fingerprint density at radius 1 is 1.25 bits per heavy atom. The quantitative estimate of drug-likeness (QED) is 0.735. The molecule has 0 saturated heterocycles. The minimum atomic E-state index is -4.52. The highest BCUT2D eigenvalue weighted by Crippen LogP contribution is 2.33. The van der Waals surface area contributed by atoms with E-state index in [2.05, 4.69) is 4.98 Å². The second-order valence-electron chi connectivity index (χ2n) is 3.21. The summed E-state index contributed by atoms with van der Waals surface area (Å²) < 4.78 is 38.6. The number of hydrogen-bond acceptors (Lipinski definition) is 1. The van der Waals surface area contributed by atoms with Crippen LogP contribution in [0.15, 0.2) is 29.1 Å². The lowest BCUT2D eigenvalue weighted by Gasteiger charge is -2.10. The first-order valence-corrected chi connectivity index (χ1v) is 5.36. The van der Waals surface area contributed by atoms with Crippen molar-refractivity contribution in [1.82, 2.24) is 4.98 Å². The van der Waals surface area contributed by atoms with Crippen LogP contribution in [-0.2, 0) is 6.18 Å². The molecule has 16 heavy (non-hydrogen) atoms. The number of fused-ring (bicyclic) bond motifs is 1. The summed E-state index contributed by atoms with van der Waals surface area (Å²) in [7, 11) is 0. The van der Waals surface area contributed by atoms with Crippen LogP contribution in [0.1, 0.15) is 5.56 Å². The van der Waals surface area contributed by atoms with Crippen LogP contribution in [-0.4, -0.2) is 4.98 Å². The summed E-state index contributed by atoms with van der Waals surface area (Å²) in [6, 6.07) is 5.09. The van der Waals surface area contributed by atoms with Gasteiger partial charge in [0.05, 0.1) is 11.1 Å². The molecule has 0 unspecified atom stereocenters. The average molecular weight is 339 g/mol. The first-order valence-electron chi connectivity index (χ1n) is 4.28. The molecule has 6 heteroatoms. The molecular weight excluding hydrogens is 334 g/mol. The minimum Gasteiger partial charge on any atom is -0.321 e. The van der Waals surface area contributed by atoms with Gasteiger partial charge < -0.3 is 4.98 Å². The fourth-order valence-corrected chi connectivity index (χ4v) is 2.11. The molecule has 0 spiro atoms. The summed E-state index contributed by atoms with van der Waals surface area (Å²) in [6.45, 7) is 0. The fourth-order valence-electron chi connectivity index (χ4n) is 1.48. The average Bonchev–Trinajstić information content (AvgIpc) is 2.17. The van der Waals surface area contributed by atoms with E-state index in [1.54, 1.807) is 6.07 Å². The summed E-state index contributed by atoms with van der Waals surface area (Å²) in [5.74, 6) is 0. The molecule has 2 nitrogen and oxygen atoms in total. The van der Waals surface area contributed by atoms with Crippen LogP contribution in [0.25, 0.3) is 10.9 Å². The third-order valence-electron chi connectivity index (χ3n) is 2.13. The molecule has 2 aromatic rings. The van der Waals surface area contributed by atoms with Crippen molar-refractivity contribution in [2.24, 2.45) is 0 Å². The van der Waals surface area contributed by atoms with Gasteiger partial charge in [0.25, 0.3) is 0 Å². The number of pyridine rings is 1. The Balaban J connectivity index is 2.95. The van der Waals surface area contributed by atoms with Crippen LogP contribution < -0.4 is 5.56 Å². The van der Waals surface area contributed by atoms with Crippen molar-refractivity contribution in [3.05, 3.63) is 43.8 Å². The molecule has 0 atom stereocenters. The van der Waals surface area contributed by atoms with Crippen molar-refractivity contribution in [3.63, 3.8) is 0 Å². The Kier molecular flexibility index (Phi) is 2.69. The van der Waals surface area contributed by atoms with Crippen molar-refractivity contribution in [3.8, 4) is 0 Å². The van der Waals surface area contributed by atoms with Crippen LogP contribution in [0.5, 0.6) is 0 Å². The first-order chi connectivity index (χ1) is 7.39. The molecule has 0 saturated carbocycles. The zero-order valence-corrected chi connectivity index (χ0v) is 9.89. The predicted molar refractivity (Wildman–Crippen MR) is 62.3 cm³/mol. The molecule has 1 aromatic carbocycles. The Bertz CT molecular complexity index is 603. The van der Waals surface area contributed by atoms with Crippen LogP contribution >= 0.6 is 22.6 Å². The molecule has 1 N–H and O–H groups in total.